The number of carbonyl (C=O) groups is 1. The molecule has 0 bridgehead atoms. The van der Waals surface area contributed by atoms with Crippen LogP contribution in [0.15, 0.2) is 30.9 Å². The van der Waals surface area contributed by atoms with E-state index in [1.165, 1.54) is 0 Å². The van der Waals surface area contributed by atoms with E-state index in [2.05, 4.69) is 52.6 Å². The van der Waals surface area contributed by atoms with Gasteiger partial charge in [0.05, 0.1) is 11.7 Å². The molecule has 0 amide bonds. The standard InChI is InChI=1S/C30H46O6Si/c1-9-13-23-24(19-34-37(7,8)30(4,5)6)26(35-27-14-11-12-17-33-27)18-25(23)36-28-20(3)22(29(31)32)16-15-21(28)10-2/h9-10,13,15-16,23-27H,2,11-12,14,17-19H2,1,3-8H3,(H,31,32)/t23-,24-,25+,26-,27?/m1/s1. The Morgan fingerprint density at radius 2 is 1.97 bits per heavy atom. The first kappa shape index (κ1) is 29.6. The van der Waals surface area contributed by atoms with Crippen molar-refractivity contribution in [2.45, 2.75) is 96.9 Å². The molecule has 7 heteroatoms. The second-order valence-electron chi connectivity index (χ2n) is 11.9. The van der Waals surface area contributed by atoms with Crippen LogP contribution in [0.4, 0.5) is 0 Å². The lowest BCUT2D eigenvalue weighted by Gasteiger charge is -2.38. The number of carboxylic acids is 1. The van der Waals surface area contributed by atoms with Gasteiger partial charge in [-0.05, 0) is 57.3 Å². The van der Waals surface area contributed by atoms with Crippen molar-refractivity contribution in [3.8, 4) is 5.75 Å². The zero-order valence-corrected chi connectivity index (χ0v) is 24.7. The molecule has 1 saturated carbocycles. The molecule has 0 radical (unpaired) electrons. The highest BCUT2D eigenvalue weighted by Gasteiger charge is 2.47. The fourth-order valence-electron chi connectivity index (χ4n) is 5.02. The highest BCUT2D eigenvalue weighted by atomic mass is 28.4. The first-order valence-electron chi connectivity index (χ1n) is 13.6. The summed E-state index contributed by atoms with van der Waals surface area (Å²) in [5, 5.41) is 9.79. The van der Waals surface area contributed by atoms with E-state index in [4.69, 9.17) is 18.6 Å². The molecular formula is C30H46O6Si. The summed E-state index contributed by atoms with van der Waals surface area (Å²) in [6.07, 6.45) is 9.22. The Kier molecular flexibility index (Phi) is 9.83. The number of rotatable bonds is 10. The second-order valence-corrected chi connectivity index (χ2v) is 16.7. The van der Waals surface area contributed by atoms with Gasteiger partial charge in [0.2, 0.25) is 0 Å². The lowest BCUT2D eigenvalue weighted by atomic mass is 9.93. The third-order valence-electron chi connectivity index (χ3n) is 8.34. The molecule has 2 aliphatic rings. The summed E-state index contributed by atoms with van der Waals surface area (Å²) < 4.78 is 25.9. The molecular weight excluding hydrogens is 484 g/mol. The van der Waals surface area contributed by atoms with Crippen molar-refractivity contribution in [3.63, 3.8) is 0 Å². The summed E-state index contributed by atoms with van der Waals surface area (Å²) in [4.78, 5) is 11.8. The molecule has 1 heterocycles. The predicted octanol–water partition coefficient (Wildman–Crippen LogP) is 7.23. The van der Waals surface area contributed by atoms with Gasteiger partial charge < -0.3 is 23.7 Å². The lowest BCUT2D eigenvalue weighted by molar-refractivity contribution is -0.197. The van der Waals surface area contributed by atoms with Crippen LogP contribution in [0.5, 0.6) is 5.75 Å². The van der Waals surface area contributed by atoms with E-state index in [-0.39, 0.29) is 40.9 Å². The summed E-state index contributed by atoms with van der Waals surface area (Å²) in [6, 6.07) is 3.38. The molecule has 1 aliphatic heterocycles. The van der Waals surface area contributed by atoms with E-state index in [9.17, 15) is 9.90 Å². The normalized spacial score (nSPS) is 26.9. The molecule has 0 spiro atoms. The molecule has 1 aliphatic carbocycles. The summed E-state index contributed by atoms with van der Waals surface area (Å²) in [5.41, 5.74) is 1.64. The minimum atomic E-state index is -1.98. The monoisotopic (exact) mass is 530 g/mol. The molecule has 206 valence electrons. The summed E-state index contributed by atoms with van der Waals surface area (Å²) >= 11 is 0. The van der Waals surface area contributed by atoms with Gasteiger partial charge in [0.25, 0.3) is 0 Å². The zero-order valence-electron chi connectivity index (χ0n) is 23.7. The van der Waals surface area contributed by atoms with Crippen molar-refractivity contribution >= 4 is 20.4 Å². The fourth-order valence-corrected chi connectivity index (χ4v) is 6.06. The van der Waals surface area contributed by atoms with E-state index in [1.807, 2.05) is 6.92 Å². The van der Waals surface area contributed by atoms with E-state index in [0.717, 1.165) is 31.4 Å². The van der Waals surface area contributed by atoms with Crippen molar-refractivity contribution in [3.05, 3.63) is 47.6 Å². The van der Waals surface area contributed by atoms with Crippen molar-refractivity contribution < 1.29 is 28.5 Å². The zero-order chi connectivity index (χ0) is 27.4. The number of allylic oxidation sites excluding steroid dienone is 1. The lowest BCUT2D eigenvalue weighted by Crippen LogP contribution is -2.44. The van der Waals surface area contributed by atoms with Crippen molar-refractivity contribution in [2.75, 3.05) is 13.2 Å². The summed E-state index contributed by atoms with van der Waals surface area (Å²) in [5.74, 6) is -0.247. The minimum Gasteiger partial charge on any atom is -0.489 e. The number of hydrogen-bond donors (Lipinski definition) is 1. The Hall–Kier alpha value is -1.93. The average Bonchev–Trinajstić information content (AvgIpc) is 3.14. The van der Waals surface area contributed by atoms with Gasteiger partial charge in [0.1, 0.15) is 11.9 Å². The summed E-state index contributed by atoms with van der Waals surface area (Å²) in [7, 11) is -1.98. The minimum absolute atomic E-state index is 0.0499. The van der Waals surface area contributed by atoms with Crippen LogP contribution in [0.1, 0.15) is 74.9 Å². The van der Waals surface area contributed by atoms with Crippen LogP contribution in [-0.4, -0.2) is 51.1 Å². The number of aromatic carboxylic acids is 1. The number of ether oxygens (including phenoxy) is 3. The van der Waals surface area contributed by atoms with Crippen molar-refractivity contribution in [1.82, 2.24) is 0 Å². The number of benzene rings is 1. The fraction of sp³-hybridized carbons (Fsp3) is 0.633. The third kappa shape index (κ3) is 6.94. The molecule has 1 aromatic carbocycles. The van der Waals surface area contributed by atoms with Crippen molar-refractivity contribution in [2.24, 2.45) is 11.8 Å². The predicted molar refractivity (Wildman–Crippen MR) is 151 cm³/mol. The van der Waals surface area contributed by atoms with Gasteiger partial charge in [-0.2, -0.15) is 0 Å². The molecule has 0 aromatic heterocycles. The van der Waals surface area contributed by atoms with E-state index in [0.29, 0.717) is 24.3 Å². The number of hydrogen-bond acceptors (Lipinski definition) is 5. The van der Waals surface area contributed by atoms with Crippen LogP contribution < -0.4 is 4.74 Å². The molecule has 37 heavy (non-hydrogen) atoms. The molecule has 5 atom stereocenters. The van der Waals surface area contributed by atoms with Gasteiger partial charge >= 0.3 is 5.97 Å². The van der Waals surface area contributed by atoms with Crippen LogP contribution in [0.2, 0.25) is 18.1 Å². The highest BCUT2D eigenvalue weighted by molar-refractivity contribution is 6.74. The first-order valence-corrected chi connectivity index (χ1v) is 16.5. The average molecular weight is 531 g/mol. The smallest absolute Gasteiger partial charge is 0.336 e. The molecule has 1 saturated heterocycles. The Balaban J connectivity index is 1.94. The Morgan fingerprint density at radius 3 is 2.54 bits per heavy atom. The van der Waals surface area contributed by atoms with Crippen LogP contribution in [0.25, 0.3) is 6.08 Å². The highest BCUT2D eigenvalue weighted by Crippen LogP contribution is 2.43. The van der Waals surface area contributed by atoms with Crippen LogP contribution in [-0.2, 0) is 13.9 Å². The number of carboxylic acid groups (broad SMARTS) is 1. The van der Waals surface area contributed by atoms with Gasteiger partial charge in [-0.25, -0.2) is 4.79 Å². The molecule has 3 rings (SSSR count). The van der Waals surface area contributed by atoms with E-state index < -0.39 is 14.3 Å². The van der Waals surface area contributed by atoms with Gasteiger partial charge in [0.15, 0.2) is 14.6 Å². The Bertz CT molecular complexity index is 973. The van der Waals surface area contributed by atoms with E-state index in [1.54, 1.807) is 25.1 Å². The largest absolute Gasteiger partial charge is 0.489 e. The molecule has 1 N–H and O–H groups in total. The third-order valence-corrected chi connectivity index (χ3v) is 12.8. The molecule has 6 nitrogen and oxygen atoms in total. The first-order chi connectivity index (χ1) is 17.4. The van der Waals surface area contributed by atoms with Gasteiger partial charge in [-0.3, -0.25) is 0 Å². The Labute approximate surface area is 224 Å². The maximum Gasteiger partial charge on any atom is 0.336 e. The molecule has 1 unspecified atom stereocenters. The van der Waals surface area contributed by atoms with Crippen LogP contribution >= 0.6 is 0 Å². The topological polar surface area (TPSA) is 74.2 Å². The molecule has 1 aromatic rings. The Morgan fingerprint density at radius 1 is 1.24 bits per heavy atom. The van der Waals surface area contributed by atoms with Crippen LogP contribution in [0.3, 0.4) is 0 Å². The van der Waals surface area contributed by atoms with Crippen molar-refractivity contribution in [1.29, 1.82) is 0 Å². The maximum absolute atomic E-state index is 11.8. The van der Waals surface area contributed by atoms with Gasteiger partial charge in [-0.15, -0.1) is 0 Å². The van der Waals surface area contributed by atoms with Crippen LogP contribution in [0, 0.1) is 18.8 Å². The maximum atomic E-state index is 11.8. The second kappa shape index (κ2) is 12.3. The SMILES string of the molecule is C=Cc1ccc(C(=O)O)c(C)c1O[C@H]1C[C@@H](OC2CCCCO2)[C@H](CO[Si](C)(C)C(C)(C)C)[C@H]1C=CC. The van der Waals surface area contributed by atoms with Gasteiger partial charge in [-0.1, -0.05) is 51.6 Å². The quantitative estimate of drug-likeness (QED) is 0.254. The molecule has 2 fully saturated rings. The summed E-state index contributed by atoms with van der Waals surface area (Å²) in [6.45, 7) is 20.4. The van der Waals surface area contributed by atoms with Gasteiger partial charge in [0, 0.05) is 42.6 Å². The van der Waals surface area contributed by atoms with E-state index >= 15 is 0 Å².